The molecule has 0 aliphatic carbocycles. The third kappa shape index (κ3) is 1.82. The van der Waals surface area contributed by atoms with E-state index < -0.39 is 6.10 Å². The van der Waals surface area contributed by atoms with Crippen LogP contribution in [0.3, 0.4) is 0 Å². The van der Waals surface area contributed by atoms with E-state index in [0.29, 0.717) is 0 Å². The van der Waals surface area contributed by atoms with Crippen LogP contribution < -0.4 is 0 Å². The van der Waals surface area contributed by atoms with Gasteiger partial charge in [-0.1, -0.05) is 28.1 Å². The van der Waals surface area contributed by atoms with Gasteiger partial charge in [0.05, 0.1) is 6.10 Å². The molecule has 0 amide bonds. The van der Waals surface area contributed by atoms with E-state index in [1.807, 2.05) is 24.3 Å². The molecule has 1 unspecified atom stereocenters. The summed E-state index contributed by atoms with van der Waals surface area (Å²) in [6.45, 7) is 3.48. The molecule has 0 saturated carbocycles. The van der Waals surface area contributed by atoms with Crippen LogP contribution in [0.15, 0.2) is 28.7 Å². The maximum Gasteiger partial charge on any atom is 0.0791 e. The summed E-state index contributed by atoms with van der Waals surface area (Å²) in [6, 6.07) is 7.46. The van der Waals surface area contributed by atoms with Crippen molar-refractivity contribution in [1.29, 1.82) is 0 Å². The van der Waals surface area contributed by atoms with Gasteiger partial charge >= 0.3 is 0 Å². The van der Waals surface area contributed by atoms with Crippen molar-refractivity contribution >= 4 is 15.9 Å². The second kappa shape index (κ2) is 3.17. The van der Waals surface area contributed by atoms with Crippen LogP contribution >= 0.6 is 15.9 Å². The standard InChI is InChI=1S/C8H8BrO/c1-6(10)7-3-2-4-8(9)5-7/h2-6,10H,1H2. The lowest BCUT2D eigenvalue weighted by Gasteiger charge is -2.02. The van der Waals surface area contributed by atoms with Crippen LogP contribution in [0.5, 0.6) is 0 Å². The van der Waals surface area contributed by atoms with Crippen LogP contribution in [0, 0.1) is 6.92 Å². The minimum absolute atomic E-state index is 0.627. The van der Waals surface area contributed by atoms with Crippen molar-refractivity contribution in [2.45, 2.75) is 6.10 Å². The molecule has 53 valence electrons. The second-order valence-corrected chi connectivity index (χ2v) is 2.99. The molecule has 1 radical (unpaired) electrons. The van der Waals surface area contributed by atoms with E-state index in [1.165, 1.54) is 0 Å². The predicted octanol–water partition coefficient (Wildman–Crippen LogP) is 2.32. The Kier molecular flexibility index (Phi) is 2.46. The summed E-state index contributed by atoms with van der Waals surface area (Å²) in [5.41, 5.74) is 0.828. The quantitative estimate of drug-likeness (QED) is 0.737. The van der Waals surface area contributed by atoms with Crippen molar-refractivity contribution < 1.29 is 5.11 Å². The molecule has 1 rings (SSSR count). The molecule has 0 aromatic heterocycles. The Labute approximate surface area is 68.8 Å². The Morgan fingerprint density at radius 1 is 1.50 bits per heavy atom. The molecule has 2 heteroatoms. The van der Waals surface area contributed by atoms with Crippen molar-refractivity contribution in [3.8, 4) is 0 Å². The van der Waals surface area contributed by atoms with Gasteiger partial charge in [-0.25, -0.2) is 0 Å². The molecule has 0 bridgehead atoms. The van der Waals surface area contributed by atoms with Gasteiger partial charge in [0.1, 0.15) is 0 Å². The van der Waals surface area contributed by atoms with Gasteiger partial charge in [0.25, 0.3) is 0 Å². The first-order valence-corrected chi connectivity index (χ1v) is 3.76. The molecule has 1 aromatic carbocycles. The Hall–Kier alpha value is -0.340. The van der Waals surface area contributed by atoms with Crippen molar-refractivity contribution in [2.24, 2.45) is 0 Å². The highest BCUT2D eigenvalue weighted by atomic mass is 79.9. The van der Waals surface area contributed by atoms with E-state index in [1.54, 1.807) is 0 Å². The maximum absolute atomic E-state index is 9.02. The highest BCUT2D eigenvalue weighted by Gasteiger charge is 1.98. The normalized spacial score (nSPS) is 13.1. The van der Waals surface area contributed by atoms with Gasteiger partial charge in [-0.05, 0) is 24.6 Å². The molecule has 1 atom stereocenters. The third-order valence-electron chi connectivity index (χ3n) is 1.23. The first-order chi connectivity index (χ1) is 4.70. The van der Waals surface area contributed by atoms with Crippen LogP contribution in [0.1, 0.15) is 11.7 Å². The maximum atomic E-state index is 9.02. The fourth-order valence-corrected chi connectivity index (χ4v) is 1.13. The van der Waals surface area contributed by atoms with Gasteiger partial charge in [-0.2, -0.15) is 0 Å². The van der Waals surface area contributed by atoms with Crippen LogP contribution in [-0.2, 0) is 0 Å². The summed E-state index contributed by atoms with van der Waals surface area (Å²) >= 11 is 3.29. The highest BCUT2D eigenvalue weighted by Crippen LogP contribution is 2.16. The molecule has 1 N–H and O–H groups in total. The predicted molar refractivity (Wildman–Crippen MR) is 44.5 cm³/mol. The molecule has 1 aromatic rings. The molecular formula is C8H8BrO. The minimum Gasteiger partial charge on any atom is -0.388 e. The Balaban J connectivity index is 2.96. The molecule has 0 aliphatic rings. The Morgan fingerprint density at radius 2 is 2.20 bits per heavy atom. The number of hydrogen-bond donors (Lipinski definition) is 1. The number of aliphatic hydroxyl groups excluding tert-OH is 1. The van der Waals surface area contributed by atoms with E-state index in [9.17, 15) is 0 Å². The number of hydrogen-bond acceptors (Lipinski definition) is 1. The lowest BCUT2D eigenvalue weighted by atomic mass is 10.1. The van der Waals surface area contributed by atoms with Gasteiger partial charge < -0.3 is 5.11 Å². The fourth-order valence-electron chi connectivity index (χ4n) is 0.714. The van der Waals surface area contributed by atoms with E-state index >= 15 is 0 Å². The zero-order chi connectivity index (χ0) is 7.56. The lowest BCUT2D eigenvalue weighted by molar-refractivity contribution is 0.226. The molecule has 0 heterocycles. The van der Waals surface area contributed by atoms with E-state index in [0.717, 1.165) is 10.0 Å². The average Bonchev–Trinajstić information content (AvgIpc) is 1.88. The summed E-state index contributed by atoms with van der Waals surface area (Å²) in [7, 11) is 0. The summed E-state index contributed by atoms with van der Waals surface area (Å²) < 4.78 is 0.965. The Morgan fingerprint density at radius 3 is 2.60 bits per heavy atom. The zero-order valence-electron chi connectivity index (χ0n) is 5.42. The van der Waals surface area contributed by atoms with Gasteiger partial charge in [-0.15, -0.1) is 0 Å². The van der Waals surface area contributed by atoms with Crippen molar-refractivity contribution in [2.75, 3.05) is 0 Å². The summed E-state index contributed by atoms with van der Waals surface area (Å²) in [5, 5.41) is 9.02. The molecule has 0 aliphatic heterocycles. The van der Waals surface area contributed by atoms with Crippen molar-refractivity contribution in [3.05, 3.63) is 41.2 Å². The van der Waals surface area contributed by atoms with Crippen LogP contribution in [0.2, 0.25) is 0 Å². The number of aliphatic hydroxyl groups is 1. The van der Waals surface area contributed by atoms with Crippen molar-refractivity contribution in [3.63, 3.8) is 0 Å². The number of halogens is 1. The van der Waals surface area contributed by atoms with Crippen LogP contribution in [0.25, 0.3) is 0 Å². The number of benzene rings is 1. The van der Waals surface area contributed by atoms with Gasteiger partial charge in [0, 0.05) is 4.47 Å². The zero-order valence-corrected chi connectivity index (χ0v) is 7.01. The van der Waals surface area contributed by atoms with Gasteiger partial charge in [-0.3, -0.25) is 0 Å². The second-order valence-electron chi connectivity index (χ2n) is 2.07. The molecular weight excluding hydrogens is 192 g/mol. The first kappa shape index (κ1) is 7.76. The molecule has 0 spiro atoms. The van der Waals surface area contributed by atoms with Crippen molar-refractivity contribution in [1.82, 2.24) is 0 Å². The monoisotopic (exact) mass is 199 g/mol. The highest BCUT2D eigenvalue weighted by molar-refractivity contribution is 9.10. The largest absolute Gasteiger partial charge is 0.388 e. The molecule has 1 nitrogen and oxygen atoms in total. The van der Waals surface area contributed by atoms with E-state index in [2.05, 4.69) is 22.9 Å². The first-order valence-electron chi connectivity index (χ1n) is 2.97. The molecule has 10 heavy (non-hydrogen) atoms. The summed E-state index contributed by atoms with van der Waals surface area (Å²) in [6.07, 6.45) is -0.627. The smallest absolute Gasteiger partial charge is 0.0791 e. The minimum atomic E-state index is -0.627. The van der Waals surface area contributed by atoms with Gasteiger partial charge in [0.15, 0.2) is 0 Å². The topological polar surface area (TPSA) is 20.2 Å². The SMILES string of the molecule is [CH2]C(O)c1cccc(Br)c1. The van der Waals surface area contributed by atoms with Gasteiger partial charge in [0.2, 0.25) is 0 Å². The third-order valence-corrected chi connectivity index (χ3v) is 1.73. The van der Waals surface area contributed by atoms with E-state index in [-0.39, 0.29) is 0 Å². The van der Waals surface area contributed by atoms with Crippen LogP contribution in [-0.4, -0.2) is 5.11 Å². The van der Waals surface area contributed by atoms with Crippen LogP contribution in [0.4, 0.5) is 0 Å². The molecule has 0 saturated heterocycles. The Bertz CT molecular complexity index is 220. The lowest BCUT2D eigenvalue weighted by Crippen LogP contribution is -1.89. The fraction of sp³-hybridized carbons (Fsp3) is 0.125. The van der Waals surface area contributed by atoms with E-state index in [4.69, 9.17) is 5.11 Å². The summed E-state index contributed by atoms with van der Waals surface area (Å²) in [5.74, 6) is 0. The molecule has 0 fully saturated rings. The average molecular weight is 200 g/mol. The number of rotatable bonds is 1. The summed E-state index contributed by atoms with van der Waals surface area (Å²) in [4.78, 5) is 0.